The molecule has 40 heavy (non-hydrogen) atoms. The van der Waals surface area contributed by atoms with Crippen LogP contribution >= 0.6 is 46.4 Å². The van der Waals surface area contributed by atoms with Crippen LogP contribution < -0.4 is 14.4 Å². The minimum atomic E-state index is -4.18. The molecular weight excluding hydrogens is 614 g/mol. The van der Waals surface area contributed by atoms with Gasteiger partial charge in [-0.25, -0.2) is 9.13 Å². The first-order valence-corrected chi connectivity index (χ1v) is 16.4. The molecule has 0 unspecified atom stereocenters. The quantitative estimate of drug-likeness (QED) is 0.131. The van der Waals surface area contributed by atoms with Crippen molar-refractivity contribution in [3.05, 3.63) is 68.2 Å². The van der Waals surface area contributed by atoms with E-state index in [9.17, 15) is 13.0 Å². The Morgan fingerprint density at radius 1 is 0.875 bits per heavy atom. The molecule has 0 amide bonds. The highest BCUT2D eigenvalue weighted by molar-refractivity contribution is 7.85. The van der Waals surface area contributed by atoms with Crippen molar-refractivity contribution in [3.8, 4) is 0 Å². The van der Waals surface area contributed by atoms with Crippen LogP contribution in [-0.4, -0.2) is 36.4 Å². The summed E-state index contributed by atoms with van der Waals surface area (Å²) in [5, 5.41) is 1.79. The van der Waals surface area contributed by atoms with E-state index < -0.39 is 15.9 Å². The van der Waals surface area contributed by atoms with E-state index in [0.717, 1.165) is 66.4 Å². The van der Waals surface area contributed by atoms with Crippen molar-refractivity contribution in [2.24, 2.45) is 0 Å². The maximum Gasteiger partial charge on any atom is 0.282 e. The van der Waals surface area contributed by atoms with E-state index >= 15 is 0 Å². The number of halogens is 4. The van der Waals surface area contributed by atoms with Crippen molar-refractivity contribution in [2.45, 2.75) is 53.1 Å². The zero-order chi connectivity index (χ0) is 29.2. The van der Waals surface area contributed by atoms with Crippen molar-refractivity contribution >= 4 is 85.0 Å². The number of anilines is 2. The predicted octanol–water partition coefficient (Wildman–Crippen LogP) is 7.84. The van der Waals surface area contributed by atoms with Gasteiger partial charge in [0.1, 0.15) is 5.82 Å². The Hall–Kier alpha value is -1.94. The molecule has 0 bridgehead atoms. The second kappa shape index (κ2) is 12.9. The highest BCUT2D eigenvalue weighted by Gasteiger charge is 2.32. The molecule has 7 nitrogen and oxygen atoms in total. The van der Waals surface area contributed by atoms with Crippen molar-refractivity contribution in [3.63, 3.8) is 0 Å². The summed E-state index contributed by atoms with van der Waals surface area (Å²) in [6.45, 7) is 8.48. The molecule has 1 N–H and O–H groups in total. The highest BCUT2D eigenvalue weighted by atomic mass is 35.5. The van der Waals surface area contributed by atoms with Crippen molar-refractivity contribution in [2.75, 3.05) is 28.6 Å². The fourth-order valence-electron chi connectivity index (χ4n) is 5.14. The maximum absolute atomic E-state index is 11.6. The summed E-state index contributed by atoms with van der Waals surface area (Å²) in [5.74, 6) is 1.31. The molecule has 0 spiro atoms. The zero-order valence-electron chi connectivity index (χ0n) is 22.7. The first kappa shape index (κ1) is 31.0. The lowest BCUT2D eigenvalue weighted by atomic mass is 10.2. The van der Waals surface area contributed by atoms with Gasteiger partial charge >= 0.3 is 0 Å². The Kier molecular flexibility index (Phi) is 10.0. The number of imidazole rings is 1. The third kappa shape index (κ3) is 6.42. The summed E-state index contributed by atoms with van der Waals surface area (Å²) in [7, 11) is -4.18. The predicted molar refractivity (Wildman–Crippen MR) is 168 cm³/mol. The Morgan fingerprint density at radius 2 is 1.50 bits per heavy atom. The largest absolute Gasteiger partial charge is 0.326 e. The molecule has 0 atom stereocenters. The fourth-order valence-corrected chi connectivity index (χ4v) is 6.19. The van der Waals surface area contributed by atoms with E-state index in [4.69, 9.17) is 46.4 Å². The Labute approximate surface area is 255 Å². The van der Waals surface area contributed by atoms with Crippen molar-refractivity contribution < 1.29 is 17.5 Å². The van der Waals surface area contributed by atoms with Gasteiger partial charge in [-0.2, -0.15) is 8.42 Å². The number of rotatable bonds is 11. The summed E-state index contributed by atoms with van der Waals surface area (Å²) >= 11 is 25.5. The SMILES string of the molecule is CCCCC[n+]1c(C=CC=C2N(CC)c3cc(Cl)c(Cl)cc3N2CCS(=O)(=O)O)n(CC)c2cc(Cl)c(Cl)cc21. The molecule has 0 aliphatic carbocycles. The van der Waals surface area contributed by atoms with Crippen LogP contribution in [0.25, 0.3) is 17.1 Å². The van der Waals surface area contributed by atoms with E-state index in [1.54, 1.807) is 12.1 Å². The van der Waals surface area contributed by atoms with Gasteiger partial charge in [-0.05, 0) is 44.9 Å². The molecule has 3 aromatic rings. The third-order valence-corrected chi connectivity index (χ3v) is 9.13. The van der Waals surface area contributed by atoms with Gasteiger partial charge in [-0.1, -0.05) is 65.8 Å². The molecule has 0 saturated carbocycles. The lowest BCUT2D eigenvalue weighted by Crippen LogP contribution is -2.36. The van der Waals surface area contributed by atoms with E-state index in [1.165, 1.54) is 0 Å². The standard InChI is InChI=1S/C28H32Cl4N4O3S/c1-4-7-8-12-35-25-17-21(31)19(29)15-23(25)33(5-2)27(35)10-9-11-28-34(6-3)24-16-20(30)22(32)18-26(24)36(28)13-14-40(37,38)39/h9-11,15-18H,4-8,12-14H2,1-3H3/p+1. The van der Waals surface area contributed by atoms with E-state index in [2.05, 4.69) is 23.0 Å². The molecule has 2 heterocycles. The number of fused-ring (bicyclic) bond motifs is 2. The molecule has 216 valence electrons. The molecular formula is C28H33Cl4N4O3S+. The van der Waals surface area contributed by atoms with Gasteiger partial charge in [0.15, 0.2) is 11.0 Å². The number of allylic oxidation sites excluding steroid dienone is 2. The smallest absolute Gasteiger partial charge is 0.282 e. The van der Waals surface area contributed by atoms with E-state index in [-0.39, 0.29) is 6.54 Å². The van der Waals surface area contributed by atoms with Crippen LogP contribution in [0.4, 0.5) is 11.4 Å². The second-order valence-corrected chi connectivity index (χ2v) is 12.7. The average Bonchev–Trinajstić information content (AvgIpc) is 3.33. The molecule has 4 rings (SSSR count). The lowest BCUT2D eigenvalue weighted by Gasteiger charge is -2.24. The number of hydrogen-bond acceptors (Lipinski definition) is 4. The number of aromatic nitrogens is 2. The Morgan fingerprint density at radius 3 is 2.10 bits per heavy atom. The Balaban J connectivity index is 1.82. The Bertz CT molecular complexity index is 1580. The van der Waals surface area contributed by atoms with E-state index in [0.29, 0.717) is 26.6 Å². The normalized spacial score (nSPS) is 14.8. The highest BCUT2D eigenvalue weighted by Crippen LogP contribution is 2.45. The van der Waals surface area contributed by atoms with Crippen LogP contribution in [0.2, 0.25) is 20.1 Å². The second-order valence-electron chi connectivity index (χ2n) is 9.54. The molecule has 0 saturated heterocycles. The first-order valence-electron chi connectivity index (χ1n) is 13.3. The number of unbranched alkanes of at least 4 members (excludes halogenated alkanes) is 2. The van der Waals surface area contributed by atoms with Crippen molar-refractivity contribution in [1.82, 2.24) is 4.57 Å². The molecule has 1 aliphatic heterocycles. The molecule has 12 heteroatoms. The number of benzene rings is 2. The van der Waals surface area contributed by atoms with Gasteiger partial charge in [-0.3, -0.25) is 4.55 Å². The van der Waals surface area contributed by atoms with Gasteiger partial charge in [-0.15, -0.1) is 0 Å². The number of nitrogens with zero attached hydrogens (tertiary/aromatic N) is 4. The summed E-state index contributed by atoms with van der Waals surface area (Å²) in [6, 6.07) is 7.33. The first-order chi connectivity index (χ1) is 19.0. The number of hydrogen-bond donors (Lipinski definition) is 1. The van der Waals surface area contributed by atoms with Crippen LogP contribution in [0.15, 0.2) is 42.2 Å². The molecule has 2 aromatic carbocycles. The van der Waals surface area contributed by atoms with E-state index in [1.807, 2.05) is 47.1 Å². The molecule has 0 radical (unpaired) electrons. The molecule has 0 fully saturated rings. The lowest BCUT2D eigenvalue weighted by molar-refractivity contribution is -0.674. The van der Waals surface area contributed by atoms with Gasteiger partial charge in [0.25, 0.3) is 15.9 Å². The summed E-state index contributed by atoms with van der Waals surface area (Å²) in [6.07, 6.45) is 9.17. The van der Waals surface area contributed by atoms with Gasteiger partial charge in [0, 0.05) is 31.3 Å². The van der Waals surface area contributed by atoms with Crippen LogP contribution in [0.5, 0.6) is 0 Å². The molecule has 1 aliphatic rings. The zero-order valence-corrected chi connectivity index (χ0v) is 26.5. The van der Waals surface area contributed by atoms with Crippen molar-refractivity contribution in [1.29, 1.82) is 0 Å². The topological polar surface area (TPSA) is 69.7 Å². The van der Waals surface area contributed by atoms with Crippen LogP contribution in [0.3, 0.4) is 0 Å². The van der Waals surface area contributed by atoms with Crippen LogP contribution in [0.1, 0.15) is 45.9 Å². The van der Waals surface area contributed by atoms with Gasteiger partial charge < -0.3 is 9.80 Å². The third-order valence-electron chi connectivity index (χ3n) is 6.99. The minimum absolute atomic E-state index is 0.0448. The minimum Gasteiger partial charge on any atom is -0.326 e. The summed E-state index contributed by atoms with van der Waals surface area (Å²) < 4.78 is 37.2. The average molecular weight is 647 g/mol. The molecule has 1 aromatic heterocycles. The van der Waals surface area contributed by atoms with Gasteiger partial charge in [0.05, 0.1) is 50.3 Å². The summed E-state index contributed by atoms with van der Waals surface area (Å²) in [4.78, 5) is 3.87. The summed E-state index contributed by atoms with van der Waals surface area (Å²) in [5.41, 5.74) is 3.56. The van der Waals surface area contributed by atoms with Crippen LogP contribution in [-0.2, 0) is 23.2 Å². The fraction of sp³-hybridized carbons (Fsp3) is 0.393. The van der Waals surface area contributed by atoms with Crippen LogP contribution in [0, 0.1) is 0 Å². The monoisotopic (exact) mass is 645 g/mol. The van der Waals surface area contributed by atoms with Gasteiger partial charge in [0.2, 0.25) is 0 Å². The maximum atomic E-state index is 11.6. The number of aryl methyl sites for hydroxylation is 2.